The molecule has 1 atom stereocenters. The highest BCUT2D eigenvalue weighted by molar-refractivity contribution is 7.22. The smallest absolute Gasteiger partial charge is 0.266 e. The first kappa shape index (κ1) is 12.8. The number of nitrogens with one attached hydrogen (secondary N) is 2. The van der Waals surface area contributed by atoms with Gasteiger partial charge in [-0.25, -0.2) is 0 Å². The molecule has 0 aromatic carbocycles. The molecule has 0 spiro atoms. The quantitative estimate of drug-likeness (QED) is 0.646. The van der Waals surface area contributed by atoms with E-state index in [2.05, 4.69) is 15.2 Å². The first-order chi connectivity index (χ1) is 10.1. The molecule has 1 aliphatic rings. The van der Waals surface area contributed by atoms with Crippen LogP contribution in [0.4, 0.5) is 0 Å². The van der Waals surface area contributed by atoms with Crippen molar-refractivity contribution in [2.45, 2.75) is 31.8 Å². The van der Waals surface area contributed by atoms with Gasteiger partial charge in [-0.3, -0.25) is 9.89 Å². The van der Waals surface area contributed by atoms with Crippen molar-refractivity contribution in [2.24, 2.45) is 0 Å². The highest BCUT2D eigenvalue weighted by Crippen LogP contribution is 2.39. The monoisotopic (exact) mass is 301 g/mol. The Kier molecular flexibility index (Phi) is 2.61. The van der Waals surface area contributed by atoms with Gasteiger partial charge in [-0.2, -0.15) is 5.10 Å². The number of fused-ring (bicyclic) bond motifs is 3. The Labute approximate surface area is 124 Å². The summed E-state index contributed by atoms with van der Waals surface area (Å²) in [5.41, 5.74) is 1.67. The molecular formula is C15H15N3O2S. The zero-order valence-electron chi connectivity index (χ0n) is 11.6. The molecule has 6 heteroatoms. The number of hydrogen-bond acceptors (Lipinski definition) is 4. The fourth-order valence-corrected chi connectivity index (χ4v) is 4.21. The maximum Gasteiger partial charge on any atom is 0.266 e. The van der Waals surface area contributed by atoms with Crippen LogP contribution in [-0.2, 0) is 12.0 Å². The van der Waals surface area contributed by atoms with E-state index in [-0.39, 0.29) is 5.56 Å². The summed E-state index contributed by atoms with van der Waals surface area (Å²) in [7, 11) is 0. The van der Waals surface area contributed by atoms with E-state index in [4.69, 9.17) is 0 Å². The number of rotatable bonds is 1. The summed E-state index contributed by atoms with van der Waals surface area (Å²) in [6, 6.07) is 2.04. The van der Waals surface area contributed by atoms with Gasteiger partial charge in [-0.05, 0) is 37.8 Å². The van der Waals surface area contributed by atoms with Crippen LogP contribution >= 0.6 is 11.3 Å². The number of hydrogen-bond donors (Lipinski definition) is 3. The van der Waals surface area contributed by atoms with Gasteiger partial charge >= 0.3 is 0 Å². The van der Waals surface area contributed by atoms with Gasteiger partial charge in [0, 0.05) is 22.0 Å². The number of aromatic nitrogens is 3. The minimum atomic E-state index is -0.946. The van der Waals surface area contributed by atoms with Crippen molar-refractivity contribution in [3.63, 3.8) is 0 Å². The number of nitrogens with zero attached hydrogens (tertiary/aromatic N) is 1. The second-order valence-electron chi connectivity index (χ2n) is 5.78. The summed E-state index contributed by atoms with van der Waals surface area (Å²) in [6.45, 7) is 1.77. The van der Waals surface area contributed by atoms with Gasteiger partial charge in [-0.1, -0.05) is 0 Å². The van der Waals surface area contributed by atoms with Crippen LogP contribution in [0.1, 0.15) is 31.0 Å². The maximum atomic E-state index is 12.3. The molecule has 3 aromatic rings. The lowest BCUT2D eigenvalue weighted by Crippen LogP contribution is -2.31. The SMILES string of the molecule is C[C@@]1(O)CCCc2c1[nH]c(=O)c1sc(-c3cn[nH]c3)cc21. The average molecular weight is 301 g/mol. The molecule has 0 saturated heterocycles. The summed E-state index contributed by atoms with van der Waals surface area (Å²) in [6.07, 6.45) is 6.07. The van der Waals surface area contributed by atoms with E-state index in [1.807, 2.05) is 12.3 Å². The molecule has 0 aliphatic heterocycles. The van der Waals surface area contributed by atoms with Gasteiger partial charge in [-0.15, -0.1) is 11.3 Å². The Balaban J connectivity index is 2.04. The molecule has 0 amide bonds. The number of aromatic amines is 2. The predicted octanol–water partition coefficient (Wildman–Crippen LogP) is 2.52. The summed E-state index contributed by atoms with van der Waals surface area (Å²) in [4.78, 5) is 16.3. The lowest BCUT2D eigenvalue weighted by molar-refractivity contribution is 0.0341. The third kappa shape index (κ3) is 1.86. The van der Waals surface area contributed by atoms with Gasteiger partial charge < -0.3 is 10.1 Å². The Bertz CT molecular complexity index is 874. The Morgan fingerprint density at radius 1 is 1.48 bits per heavy atom. The van der Waals surface area contributed by atoms with Crippen molar-refractivity contribution in [3.8, 4) is 10.4 Å². The molecule has 0 bridgehead atoms. The Morgan fingerprint density at radius 3 is 3.10 bits per heavy atom. The van der Waals surface area contributed by atoms with Crippen LogP contribution in [0.15, 0.2) is 23.3 Å². The number of aliphatic hydroxyl groups is 1. The van der Waals surface area contributed by atoms with Gasteiger partial charge in [0.2, 0.25) is 0 Å². The first-order valence-electron chi connectivity index (χ1n) is 6.97. The standard InChI is InChI=1S/C15H15N3O2S/c1-15(20)4-2-3-9-10-5-11(8-6-16-17-7-8)21-12(10)14(19)18-13(9)15/h5-7,20H,2-4H2,1H3,(H,16,17)(H,18,19)/t15-/m1/s1. The van der Waals surface area contributed by atoms with E-state index in [0.717, 1.165) is 38.9 Å². The molecule has 21 heavy (non-hydrogen) atoms. The van der Waals surface area contributed by atoms with Crippen molar-refractivity contribution in [1.82, 2.24) is 15.2 Å². The topological polar surface area (TPSA) is 81.8 Å². The second kappa shape index (κ2) is 4.29. The largest absolute Gasteiger partial charge is 0.384 e. The molecule has 1 aliphatic carbocycles. The van der Waals surface area contributed by atoms with Crippen LogP contribution in [0, 0.1) is 0 Å². The van der Waals surface area contributed by atoms with Gasteiger partial charge in [0.05, 0.1) is 11.9 Å². The minimum absolute atomic E-state index is 0.120. The van der Waals surface area contributed by atoms with Crippen LogP contribution < -0.4 is 5.56 Å². The molecule has 3 heterocycles. The van der Waals surface area contributed by atoms with Crippen molar-refractivity contribution in [2.75, 3.05) is 0 Å². The van der Waals surface area contributed by atoms with Gasteiger partial charge in [0.15, 0.2) is 0 Å². The molecule has 3 N–H and O–H groups in total. The maximum absolute atomic E-state index is 12.3. The van der Waals surface area contributed by atoms with Crippen LogP contribution in [0.2, 0.25) is 0 Å². The number of aryl methyl sites for hydroxylation is 1. The first-order valence-corrected chi connectivity index (χ1v) is 7.78. The van der Waals surface area contributed by atoms with E-state index in [1.165, 1.54) is 11.3 Å². The number of thiophene rings is 1. The molecule has 0 fully saturated rings. The highest BCUT2D eigenvalue weighted by atomic mass is 32.1. The summed E-state index contributed by atoms with van der Waals surface area (Å²) in [5.74, 6) is 0. The van der Waals surface area contributed by atoms with E-state index in [1.54, 1.807) is 13.1 Å². The Hall–Kier alpha value is -1.92. The average Bonchev–Trinajstić information content (AvgIpc) is 3.07. The van der Waals surface area contributed by atoms with Gasteiger partial charge in [0.1, 0.15) is 10.3 Å². The zero-order chi connectivity index (χ0) is 14.6. The molecule has 108 valence electrons. The second-order valence-corrected chi connectivity index (χ2v) is 6.83. The molecule has 0 unspecified atom stereocenters. The zero-order valence-corrected chi connectivity index (χ0v) is 12.4. The summed E-state index contributed by atoms with van der Waals surface area (Å²) >= 11 is 1.47. The fraction of sp³-hybridized carbons (Fsp3) is 0.333. The highest BCUT2D eigenvalue weighted by Gasteiger charge is 2.32. The van der Waals surface area contributed by atoms with Crippen LogP contribution in [0.5, 0.6) is 0 Å². The third-order valence-corrected chi connectivity index (χ3v) is 5.40. The molecule has 4 rings (SSSR count). The van der Waals surface area contributed by atoms with Crippen molar-refractivity contribution >= 4 is 21.4 Å². The molecule has 5 nitrogen and oxygen atoms in total. The van der Waals surface area contributed by atoms with E-state index in [9.17, 15) is 9.90 Å². The van der Waals surface area contributed by atoms with Crippen LogP contribution in [0.25, 0.3) is 20.5 Å². The van der Waals surface area contributed by atoms with Crippen molar-refractivity contribution in [3.05, 3.63) is 40.1 Å². The number of H-pyrrole nitrogens is 2. The minimum Gasteiger partial charge on any atom is -0.384 e. The predicted molar refractivity (Wildman–Crippen MR) is 82.5 cm³/mol. The van der Waals surface area contributed by atoms with Crippen LogP contribution in [0.3, 0.4) is 0 Å². The number of pyridine rings is 1. The van der Waals surface area contributed by atoms with E-state index in [0.29, 0.717) is 12.1 Å². The molecule has 0 radical (unpaired) electrons. The van der Waals surface area contributed by atoms with Crippen LogP contribution in [-0.4, -0.2) is 20.3 Å². The Morgan fingerprint density at radius 2 is 2.33 bits per heavy atom. The van der Waals surface area contributed by atoms with Crippen molar-refractivity contribution < 1.29 is 5.11 Å². The molecule has 3 aromatic heterocycles. The third-order valence-electron chi connectivity index (χ3n) is 4.22. The lowest BCUT2D eigenvalue weighted by atomic mass is 9.83. The molecule has 0 saturated carbocycles. The lowest BCUT2D eigenvalue weighted by Gasteiger charge is -2.30. The van der Waals surface area contributed by atoms with Crippen molar-refractivity contribution in [1.29, 1.82) is 0 Å². The van der Waals surface area contributed by atoms with E-state index >= 15 is 0 Å². The summed E-state index contributed by atoms with van der Waals surface area (Å²) < 4.78 is 0.725. The molecular weight excluding hydrogens is 286 g/mol. The van der Waals surface area contributed by atoms with E-state index < -0.39 is 5.60 Å². The van der Waals surface area contributed by atoms with Gasteiger partial charge in [0.25, 0.3) is 5.56 Å². The normalized spacial score (nSPS) is 21.6. The fourth-order valence-electron chi connectivity index (χ4n) is 3.15. The summed E-state index contributed by atoms with van der Waals surface area (Å²) in [5, 5.41) is 18.2.